The predicted molar refractivity (Wildman–Crippen MR) is 74.9 cm³/mol. The predicted octanol–water partition coefficient (Wildman–Crippen LogP) is 3.72. The second-order valence-electron chi connectivity index (χ2n) is 5.68. The highest BCUT2D eigenvalue weighted by Gasteiger charge is 2.45. The molecule has 104 valence electrons. The second-order valence-corrected chi connectivity index (χ2v) is 5.68. The van der Waals surface area contributed by atoms with Crippen molar-refractivity contribution in [2.24, 2.45) is 0 Å². The summed E-state index contributed by atoms with van der Waals surface area (Å²) in [5.74, 6) is 0.369. The molecule has 0 radical (unpaired) electrons. The number of carbonyl (C=O) groups is 1. The van der Waals surface area contributed by atoms with Crippen molar-refractivity contribution < 1.29 is 14.6 Å². The van der Waals surface area contributed by atoms with E-state index < -0.39 is 11.4 Å². The van der Waals surface area contributed by atoms with E-state index in [1.807, 2.05) is 18.2 Å². The zero-order valence-corrected chi connectivity index (χ0v) is 11.9. The van der Waals surface area contributed by atoms with E-state index in [0.29, 0.717) is 18.8 Å². The number of rotatable bonds is 4. The first-order chi connectivity index (χ1) is 9.03. The van der Waals surface area contributed by atoms with Crippen LogP contribution in [0.1, 0.15) is 56.6 Å². The molecule has 1 saturated carbocycles. The Morgan fingerprint density at radius 2 is 1.95 bits per heavy atom. The maximum absolute atomic E-state index is 11.8. The third-order valence-electron chi connectivity index (χ3n) is 4.25. The average Bonchev–Trinajstić information content (AvgIpc) is 2.88. The van der Waals surface area contributed by atoms with Crippen LogP contribution in [-0.4, -0.2) is 18.2 Å². The van der Waals surface area contributed by atoms with E-state index in [1.54, 1.807) is 7.11 Å². The fourth-order valence-electron chi connectivity index (χ4n) is 3.19. The Labute approximate surface area is 114 Å². The molecule has 3 nitrogen and oxygen atoms in total. The minimum Gasteiger partial charge on any atom is -0.496 e. The van der Waals surface area contributed by atoms with Crippen molar-refractivity contribution in [3.8, 4) is 5.75 Å². The average molecular weight is 262 g/mol. The van der Waals surface area contributed by atoms with Crippen LogP contribution in [-0.2, 0) is 10.2 Å². The highest BCUT2D eigenvalue weighted by atomic mass is 16.5. The van der Waals surface area contributed by atoms with Gasteiger partial charge in [-0.3, -0.25) is 4.79 Å². The van der Waals surface area contributed by atoms with Crippen LogP contribution in [0.25, 0.3) is 0 Å². The van der Waals surface area contributed by atoms with Crippen LogP contribution in [0.4, 0.5) is 0 Å². The quantitative estimate of drug-likeness (QED) is 0.899. The second kappa shape index (κ2) is 5.24. The molecule has 1 fully saturated rings. The summed E-state index contributed by atoms with van der Waals surface area (Å²) in [6.07, 6.45) is 3.36. The molecule has 0 atom stereocenters. The Morgan fingerprint density at radius 3 is 2.42 bits per heavy atom. The lowest BCUT2D eigenvalue weighted by molar-refractivity contribution is -0.143. The summed E-state index contributed by atoms with van der Waals surface area (Å²) in [4.78, 5) is 11.8. The van der Waals surface area contributed by atoms with Gasteiger partial charge >= 0.3 is 5.97 Å². The first-order valence-corrected chi connectivity index (χ1v) is 6.93. The largest absolute Gasteiger partial charge is 0.496 e. The molecule has 19 heavy (non-hydrogen) atoms. The number of carboxylic acids is 1. The van der Waals surface area contributed by atoms with E-state index in [-0.39, 0.29) is 0 Å². The Morgan fingerprint density at radius 1 is 1.32 bits per heavy atom. The molecule has 3 heteroatoms. The van der Waals surface area contributed by atoms with E-state index in [4.69, 9.17) is 4.74 Å². The SMILES string of the molecule is COc1c(C(C)C)cccc1C1(C(=O)O)CCCC1. The molecular formula is C16H22O3. The highest BCUT2D eigenvalue weighted by molar-refractivity contribution is 5.83. The minimum absolute atomic E-state index is 0.321. The molecule has 1 aliphatic carbocycles. The van der Waals surface area contributed by atoms with Gasteiger partial charge in [0, 0.05) is 5.56 Å². The molecule has 0 heterocycles. The standard InChI is InChI=1S/C16H22O3/c1-11(2)12-7-6-8-13(14(12)19-3)16(15(17)18)9-4-5-10-16/h6-8,11H,4-5,9-10H2,1-3H3,(H,17,18). The zero-order chi connectivity index (χ0) is 14.0. The van der Waals surface area contributed by atoms with E-state index in [0.717, 1.165) is 29.7 Å². The van der Waals surface area contributed by atoms with Crippen LogP contribution in [0.5, 0.6) is 5.75 Å². The number of methoxy groups -OCH3 is 1. The van der Waals surface area contributed by atoms with Crippen molar-refractivity contribution in [1.29, 1.82) is 0 Å². The number of carboxylic acid groups (broad SMARTS) is 1. The van der Waals surface area contributed by atoms with Gasteiger partial charge in [0.1, 0.15) is 5.75 Å². The highest BCUT2D eigenvalue weighted by Crippen LogP contribution is 2.46. The number of ether oxygens (including phenoxy) is 1. The maximum Gasteiger partial charge on any atom is 0.314 e. The van der Waals surface area contributed by atoms with E-state index in [2.05, 4.69) is 13.8 Å². The summed E-state index contributed by atoms with van der Waals surface area (Å²) in [6.45, 7) is 4.20. The first-order valence-electron chi connectivity index (χ1n) is 6.93. The summed E-state index contributed by atoms with van der Waals surface area (Å²) in [7, 11) is 1.63. The lowest BCUT2D eigenvalue weighted by atomic mass is 9.77. The first kappa shape index (κ1) is 13.9. The molecule has 1 aromatic rings. The van der Waals surface area contributed by atoms with Gasteiger partial charge in [0.25, 0.3) is 0 Å². The molecule has 1 N–H and O–H groups in total. The fraction of sp³-hybridized carbons (Fsp3) is 0.562. The molecule has 0 aromatic heterocycles. The number of hydrogen-bond donors (Lipinski definition) is 1. The summed E-state index contributed by atoms with van der Waals surface area (Å²) in [5, 5.41) is 9.71. The van der Waals surface area contributed by atoms with E-state index in [1.165, 1.54) is 0 Å². The summed E-state index contributed by atoms with van der Waals surface area (Å²) >= 11 is 0. The summed E-state index contributed by atoms with van der Waals surface area (Å²) < 4.78 is 5.56. The van der Waals surface area contributed by atoms with Crippen molar-refractivity contribution in [2.75, 3.05) is 7.11 Å². The topological polar surface area (TPSA) is 46.5 Å². The van der Waals surface area contributed by atoms with Gasteiger partial charge in [-0.1, -0.05) is 44.9 Å². The van der Waals surface area contributed by atoms with E-state index in [9.17, 15) is 9.90 Å². The van der Waals surface area contributed by atoms with Gasteiger partial charge in [0.2, 0.25) is 0 Å². The van der Waals surface area contributed by atoms with Crippen LogP contribution in [0.2, 0.25) is 0 Å². The third-order valence-corrected chi connectivity index (χ3v) is 4.25. The Bertz CT molecular complexity index is 471. The number of aliphatic carboxylic acids is 1. The van der Waals surface area contributed by atoms with Gasteiger partial charge in [-0.15, -0.1) is 0 Å². The monoisotopic (exact) mass is 262 g/mol. The van der Waals surface area contributed by atoms with Crippen molar-refractivity contribution in [1.82, 2.24) is 0 Å². The van der Waals surface area contributed by atoms with E-state index >= 15 is 0 Å². The maximum atomic E-state index is 11.8. The molecule has 0 saturated heterocycles. The van der Waals surface area contributed by atoms with Gasteiger partial charge in [0.15, 0.2) is 0 Å². The van der Waals surface area contributed by atoms with Crippen molar-refractivity contribution >= 4 is 5.97 Å². The normalized spacial score (nSPS) is 17.7. The molecule has 0 unspecified atom stereocenters. The van der Waals surface area contributed by atoms with Crippen LogP contribution in [0.15, 0.2) is 18.2 Å². The number of hydrogen-bond acceptors (Lipinski definition) is 2. The molecule has 0 aliphatic heterocycles. The zero-order valence-electron chi connectivity index (χ0n) is 11.9. The minimum atomic E-state index is -0.754. The molecule has 2 rings (SSSR count). The molecule has 0 bridgehead atoms. The van der Waals surface area contributed by atoms with Crippen LogP contribution in [0, 0.1) is 0 Å². The number of para-hydroxylation sites is 1. The summed E-state index contributed by atoms with van der Waals surface area (Å²) in [5.41, 5.74) is 1.19. The van der Waals surface area contributed by atoms with Crippen LogP contribution >= 0.6 is 0 Å². The molecule has 0 amide bonds. The van der Waals surface area contributed by atoms with Crippen molar-refractivity contribution in [2.45, 2.75) is 50.9 Å². The van der Waals surface area contributed by atoms with Crippen LogP contribution < -0.4 is 4.74 Å². The lowest BCUT2D eigenvalue weighted by Crippen LogP contribution is -2.33. The van der Waals surface area contributed by atoms with Crippen molar-refractivity contribution in [3.05, 3.63) is 29.3 Å². The van der Waals surface area contributed by atoms with Gasteiger partial charge in [-0.25, -0.2) is 0 Å². The van der Waals surface area contributed by atoms with Gasteiger partial charge < -0.3 is 9.84 Å². The Balaban J connectivity index is 2.61. The number of benzene rings is 1. The van der Waals surface area contributed by atoms with Crippen LogP contribution in [0.3, 0.4) is 0 Å². The Kier molecular flexibility index (Phi) is 3.83. The van der Waals surface area contributed by atoms with Gasteiger partial charge in [0.05, 0.1) is 12.5 Å². The fourth-order valence-corrected chi connectivity index (χ4v) is 3.19. The van der Waals surface area contributed by atoms with Gasteiger partial charge in [-0.05, 0) is 24.3 Å². The molecule has 0 spiro atoms. The Hall–Kier alpha value is -1.51. The third kappa shape index (κ3) is 2.22. The molecular weight excluding hydrogens is 240 g/mol. The molecule has 1 aliphatic rings. The lowest BCUT2D eigenvalue weighted by Gasteiger charge is -2.28. The molecule has 1 aromatic carbocycles. The van der Waals surface area contributed by atoms with Crippen molar-refractivity contribution in [3.63, 3.8) is 0 Å². The summed E-state index contributed by atoms with van der Waals surface area (Å²) in [6, 6.07) is 5.90. The smallest absolute Gasteiger partial charge is 0.314 e. The van der Waals surface area contributed by atoms with Gasteiger partial charge in [-0.2, -0.15) is 0 Å².